The van der Waals surface area contributed by atoms with E-state index in [0.717, 1.165) is 70.8 Å². The lowest BCUT2D eigenvalue weighted by Gasteiger charge is -2.31. The summed E-state index contributed by atoms with van der Waals surface area (Å²) in [5, 5.41) is 0. The van der Waals surface area contributed by atoms with Crippen LogP contribution in [-0.4, -0.2) is 25.4 Å². The van der Waals surface area contributed by atoms with Gasteiger partial charge < -0.3 is 14.2 Å². The number of hydrogen-bond donors (Lipinski definition) is 0. The first-order chi connectivity index (χ1) is 19.0. The quantitative estimate of drug-likeness (QED) is 0.186. The Morgan fingerprint density at radius 2 is 1.38 bits per heavy atom. The SMILES string of the molecule is C=CCCOc1ccc(COC2CCC(c3ccc(C4CCC(OCCCC)CC4)c(F)c3F)CC2)c(F)c1. The highest BCUT2D eigenvalue weighted by atomic mass is 19.2. The third-order valence-corrected chi connectivity index (χ3v) is 8.31. The molecule has 2 fully saturated rings. The maximum Gasteiger partial charge on any atom is 0.162 e. The van der Waals surface area contributed by atoms with E-state index < -0.39 is 11.6 Å². The molecule has 0 aliphatic heterocycles. The molecule has 0 radical (unpaired) electrons. The van der Waals surface area contributed by atoms with Crippen LogP contribution in [0.15, 0.2) is 43.0 Å². The van der Waals surface area contributed by atoms with Gasteiger partial charge in [0, 0.05) is 18.2 Å². The van der Waals surface area contributed by atoms with E-state index >= 15 is 8.78 Å². The molecular formula is C33H43F3O3. The number of unbranched alkanes of at least 4 members (excludes halogenated alkanes) is 1. The average Bonchev–Trinajstić information content (AvgIpc) is 2.95. The Balaban J connectivity index is 1.25. The van der Waals surface area contributed by atoms with Crippen molar-refractivity contribution in [1.82, 2.24) is 0 Å². The first kappa shape index (κ1) is 29.7. The fourth-order valence-electron chi connectivity index (χ4n) is 5.89. The minimum atomic E-state index is -0.685. The Morgan fingerprint density at radius 3 is 1.92 bits per heavy atom. The van der Waals surface area contributed by atoms with Gasteiger partial charge in [-0.1, -0.05) is 37.6 Å². The van der Waals surface area contributed by atoms with Crippen molar-refractivity contribution in [3.63, 3.8) is 0 Å². The fraction of sp³-hybridized carbons (Fsp3) is 0.576. The Kier molecular flexibility index (Phi) is 11.3. The van der Waals surface area contributed by atoms with Gasteiger partial charge in [-0.3, -0.25) is 0 Å². The second-order valence-corrected chi connectivity index (χ2v) is 11.0. The molecule has 2 aliphatic carbocycles. The van der Waals surface area contributed by atoms with E-state index in [0.29, 0.717) is 35.5 Å². The van der Waals surface area contributed by atoms with Crippen LogP contribution in [0.4, 0.5) is 13.2 Å². The molecule has 3 nitrogen and oxygen atoms in total. The normalized spacial score (nSPS) is 23.5. The van der Waals surface area contributed by atoms with Gasteiger partial charge in [-0.15, -0.1) is 6.58 Å². The third kappa shape index (κ3) is 8.11. The van der Waals surface area contributed by atoms with Crippen LogP contribution in [-0.2, 0) is 16.1 Å². The van der Waals surface area contributed by atoms with Crippen LogP contribution in [0.2, 0.25) is 0 Å². The Labute approximate surface area is 231 Å². The standard InChI is InChI=1S/C33H43F3O3/c1-3-5-19-37-26-12-7-23(8-13-26)29-17-18-30(33(36)32(29)35)24-9-14-27(15-10-24)39-22-25-11-16-28(21-31(25)34)38-20-6-4-2/h4,11,16-18,21,23-24,26-27H,2-3,5-10,12-15,19-20,22H2,1H3. The smallest absolute Gasteiger partial charge is 0.162 e. The van der Waals surface area contributed by atoms with Gasteiger partial charge in [-0.25, -0.2) is 13.2 Å². The van der Waals surface area contributed by atoms with Crippen LogP contribution in [0.1, 0.15) is 106 Å². The lowest BCUT2D eigenvalue weighted by Crippen LogP contribution is -2.23. The van der Waals surface area contributed by atoms with Gasteiger partial charge in [0.2, 0.25) is 0 Å². The molecule has 2 aromatic rings. The summed E-state index contributed by atoms with van der Waals surface area (Å²) < 4.78 is 62.3. The van der Waals surface area contributed by atoms with Gasteiger partial charge in [0.05, 0.1) is 25.4 Å². The molecular weight excluding hydrogens is 501 g/mol. The second-order valence-electron chi connectivity index (χ2n) is 11.0. The van der Waals surface area contributed by atoms with Crippen molar-refractivity contribution in [2.75, 3.05) is 13.2 Å². The zero-order valence-electron chi connectivity index (χ0n) is 23.2. The van der Waals surface area contributed by atoms with Crippen molar-refractivity contribution in [2.45, 2.75) is 108 Å². The average molecular weight is 545 g/mol. The van der Waals surface area contributed by atoms with E-state index in [4.69, 9.17) is 14.2 Å². The number of benzene rings is 2. The van der Waals surface area contributed by atoms with E-state index in [1.54, 1.807) is 24.3 Å². The summed E-state index contributed by atoms with van der Waals surface area (Å²) in [6.07, 6.45) is 11.2. The lowest BCUT2D eigenvalue weighted by atomic mass is 9.79. The summed E-state index contributed by atoms with van der Waals surface area (Å²) in [6.45, 7) is 7.22. The highest BCUT2D eigenvalue weighted by molar-refractivity contribution is 5.32. The van der Waals surface area contributed by atoms with E-state index in [9.17, 15) is 4.39 Å². The third-order valence-electron chi connectivity index (χ3n) is 8.31. The minimum absolute atomic E-state index is 0.0221. The molecule has 6 heteroatoms. The predicted molar refractivity (Wildman–Crippen MR) is 149 cm³/mol. The molecule has 0 aromatic heterocycles. The van der Waals surface area contributed by atoms with Gasteiger partial charge >= 0.3 is 0 Å². The maximum atomic E-state index is 15.2. The molecule has 39 heavy (non-hydrogen) atoms. The van der Waals surface area contributed by atoms with Crippen LogP contribution < -0.4 is 4.74 Å². The first-order valence-corrected chi connectivity index (χ1v) is 14.7. The Morgan fingerprint density at radius 1 is 0.795 bits per heavy atom. The van der Waals surface area contributed by atoms with E-state index in [2.05, 4.69) is 13.5 Å². The molecule has 0 saturated heterocycles. The molecule has 2 aromatic carbocycles. The molecule has 2 saturated carbocycles. The number of halogens is 3. The first-order valence-electron chi connectivity index (χ1n) is 14.7. The van der Waals surface area contributed by atoms with Crippen LogP contribution in [0.25, 0.3) is 0 Å². The van der Waals surface area contributed by atoms with Crippen molar-refractivity contribution in [1.29, 1.82) is 0 Å². The van der Waals surface area contributed by atoms with Crippen LogP contribution >= 0.6 is 0 Å². The molecule has 0 atom stereocenters. The topological polar surface area (TPSA) is 27.7 Å². The van der Waals surface area contributed by atoms with Crippen molar-refractivity contribution in [2.24, 2.45) is 0 Å². The molecule has 0 N–H and O–H groups in total. The highest BCUT2D eigenvalue weighted by Gasteiger charge is 2.30. The second kappa shape index (κ2) is 14.9. The van der Waals surface area contributed by atoms with Crippen LogP contribution in [0.3, 0.4) is 0 Å². The van der Waals surface area contributed by atoms with Crippen molar-refractivity contribution >= 4 is 0 Å². The molecule has 2 aliphatic rings. The zero-order chi connectivity index (χ0) is 27.6. The minimum Gasteiger partial charge on any atom is -0.493 e. The van der Waals surface area contributed by atoms with Gasteiger partial charge in [-0.2, -0.15) is 0 Å². The molecule has 0 heterocycles. The van der Waals surface area contributed by atoms with Gasteiger partial charge in [0.15, 0.2) is 11.6 Å². The number of rotatable bonds is 13. The Hall–Kier alpha value is -2.31. The summed E-state index contributed by atoms with van der Waals surface area (Å²) in [7, 11) is 0. The molecule has 0 amide bonds. The summed E-state index contributed by atoms with van der Waals surface area (Å²) >= 11 is 0. The highest BCUT2D eigenvalue weighted by Crippen LogP contribution is 2.40. The predicted octanol–water partition coefficient (Wildman–Crippen LogP) is 9.14. The largest absolute Gasteiger partial charge is 0.493 e. The van der Waals surface area contributed by atoms with Crippen molar-refractivity contribution < 1.29 is 27.4 Å². The monoisotopic (exact) mass is 544 g/mol. The zero-order valence-corrected chi connectivity index (χ0v) is 23.2. The van der Waals surface area contributed by atoms with Crippen LogP contribution in [0, 0.1) is 17.5 Å². The Bertz CT molecular complexity index is 1060. The van der Waals surface area contributed by atoms with E-state index in [1.165, 1.54) is 6.07 Å². The number of ether oxygens (including phenoxy) is 3. The van der Waals surface area contributed by atoms with Crippen molar-refractivity contribution in [3.05, 3.63) is 77.1 Å². The lowest BCUT2D eigenvalue weighted by molar-refractivity contribution is 0.0118. The summed E-state index contributed by atoms with van der Waals surface area (Å²) in [4.78, 5) is 0. The molecule has 0 unspecified atom stereocenters. The van der Waals surface area contributed by atoms with E-state index in [1.807, 2.05) is 6.07 Å². The fourth-order valence-corrected chi connectivity index (χ4v) is 5.89. The molecule has 0 bridgehead atoms. The van der Waals surface area contributed by atoms with Gasteiger partial charge in [0.1, 0.15) is 11.6 Å². The van der Waals surface area contributed by atoms with E-state index in [-0.39, 0.29) is 36.5 Å². The van der Waals surface area contributed by atoms with Gasteiger partial charge in [0.25, 0.3) is 0 Å². The summed E-state index contributed by atoms with van der Waals surface area (Å²) in [5.41, 5.74) is 1.47. The molecule has 4 rings (SSSR count). The molecule has 214 valence electrons. The van der Waals surface area contributed by atoms with Gasteiger partial charge in [-0.05, 0) is 93.2 Å². The van der Waals surface area contributed by atoms with Crippen LogP contribution in [0.5, 0.6) is 5.75 Å². The molecule has 0 spiro atoms. The maximum absolute atomic E-state index is 15.2. The van der Waals surface area contributed by atoms with Crippen molar-refractivity contribution in [3.8, 4) is 5.75 Å². The summed E-state index contributed by atoms with van der Waals surface area (Å²) in [5.74, 6) is -1.20. The number of hydrogen-bond acceptors (Lipinski definition) is 3. The summed E-state index contributed by atoms with van der Waals surface area (Å²) in [6, 6.07) is 8.43.